The number of amides is 3. The van der Waals surface area contributed by atoms with E-state index >= 15 is 0 Å². The Morgan fingerprint density at radius 1 is 0.500 bits per heavy atom. The van der Waals surface area contributed by atoms with Gasteiger partial charge in [0.2, 0.25) is 25.1 Å². The van der Waals surface area contributed by atoms with Crippen molar-refractivity contribution in [1.29, 1.82) is 0 Å². The van der Waals surface area contributed by atoms with E-state index < -0.39 is 133 Å². The van der Waals surface area contributed by atoms with Gasteiger partial charge in [0, 0.05) is 185 Å². The van der Waals surface area contributed by atoms with Crippen LogP contribution in [0.3, 0.4) is 0 Å². The second kappa shape index (κ2) is 70.4. The van der Waals surface area contributed by atoms with Gasteiger partial charge in [0.05, 0.1) is 51.1 Å². The van der Waals surface area contributed by atoms with Crippen LogP contribution in [0.4, 0.5) is 4.70 Å². The van der Waals surface area contributed by atoms with E-state index in [1.807, 2.05) is 41.3 Å². The maximum atomic E-state index is 12.6. The molecule has 51 heteroatoms. The molecule has 1 aromatic heterocycles. The predicted molar refractivity (Wildman–Crippen MR) is 524 cm³/mol. The third-order valence-electron chi connectivity index (χ3n) is 20.6. The first-order valence-electron chi connectivity index (χ1n) is 44.6. The molecule has 3 amide bonds. The van der Waals surface area contributed by atoms with Crippen LogP contribution in [0.15, 0.2) is 95.2 Å². The van der Waals surface area contributed by atoms with E-state index in [-0.39, 0.29) is 122 Å². The Hall–Kier alpha value is -5.39. The van der Waals surface area contributed by atoms with Gasteiger partial charge in [0.1, 0.15) is 69.5 Å². The number of hydrogen-bond donors (Lipinski definition) is 3. The molecule has 796 valence electrons. The number of halogens is 1. The van der Waals surface area contributed by atoms with E-state index in [0.717, 1.165) is 31.8 Å². The first-order valence-corrected chi connectivity index (χ1v) is 55.0. The molecule has 0 saturated carbocycles. The summed E-state index contributed by atoms with van der Waals surface area (Å²) in [5.74, 6) is -0.868. The molecule has 2 unspecified atom stereocenters. The third-order valence-corrected chi connectivity index (χ3v) is 32.7. The number of ether oxygens (including phenoxy) is 11. The van der Waals surface area contributed by atoms with Gasteiger partial charge in [-0.25, -0.2) is 13.9 Å². The Kier molecular flexibility index (Phi) is 68.7. The molecule has 7 aliphatic heterocycles. The number of aliphatic hydroxyl groups is 1. The van der Waals surface area contributed by atoms with E-state index in [4.69, 9.17) is 51.7 Å². The standard InChI is InChI=1S/C22H39N3O8P2.C15H20NO6P.C14H18NO7P.C14H19NO5.C13H31N2P.C5H14O6P2.2C2H6O.FH.H3N/c1-15(2)25(16(3)4)34(7)33-19-17(10-14-35(8,28)30-6)32-21(20(19)31-13-12-29-5)24-11-9-18(26)23-22(24)27;1-3-7-20-14-10(2)12(5-8-21-23-19)22-15(14)16-6-4-11(17)9-13(16)18;1-2-6-20-13-12(18)10(4-7-21-23-19)22-14(13)15-5-3-9(16)8-11(15)17;1-3-6-19-13-9(2)11(8-16)20-14(13)15-5-4-10(17)7-12(15)18;1-10(2)14(11(3)4)16(9)15(12(5)6)13(7)8;1-8-12(6,9-2)5-13(7,10-3)11-4;2*1-3-2;;/h9-11,14-17,19-21H,12-13H2,1-8H3,(H,23,26,27);4-6,8,10,12,14-15H,3,7,9H2,1-2H3;3-5,7,10,12-14,18H,2,6,8H2,1H3;4-5,8-9,11,13-14H,3,6-7H2,1-2H3;10-13H,1-9H3;5H2,1-4H3;2*1-2H3;1H;1H3/b14-10+;8-5+;7-4+;;;;;;;/t17-,19-,20-,21-,34?,35?;10-,12-,14-,15-;10-,12-,13-,14-;9-,11-,13-,14-;;;;;;/m1111....../s1. The van der Waals surface area contributed by atoms with Crippen molar-refractivity contribution >= 4 is 97.8 Å². The van der Waals surface area contributed by atoms with Crippen LogP contribution in [0.2, 0.25) is 0 Å². The highest BCUT2D eigenvalue weighted by Crippen LogP contribution is 2.62. The summed E-state index contributed by atoms with van der Waals surface area (Å²) >= 11 is 0. The molecular weight excluding hydrogens is 1950 g/mol. The molecule has 4 fully saturated rings. The molecule has 0 spiro atoms. The topological polar surface area (TPSA) is 510 Å². The Bertz CT molecular complexity index is 4050. The van der Waals surface area contributed by atoms with Crippen LogP contribution >= 0.6 is 56.5 Å². The number of allylic oxidation sites excluding steroid dienone is 3. The van der Waals surface area contributed by atoms with Gasteiger partial charge in [-0.3, -0.25) is 90.2 Å². The number of ketones is 3. The van der Waals surface area contributed by atoms with Crippen LogP contribution in [0.1, 0.15) is 162 Å². The SMILES string of the molecule is CC(C)N(C(C)C)P(C)N(C(C)C)C(C)C.CCCO[C@@H]1[C@H](C)[C@@H](/C=C/OP=O)O[C@H]1N1C=CC(=O)CC1=O.CCCO[C@@H]1[C@H](C)[C@@H](C=O)O[C@H]1N1C=CC(=O)CC1=O.CCCO[C@@H]1[C@H](O)[C@@H](/C=C/OP=O)O[C@H]1N1C=CC(=O)CC1=O.COC.COC.COCCO[C@@H]1[C@H](OP(C)N(C(C)C)C(C)C)[C@@H](/C=C/P(C)(=O)OC)O[C@H]1n1ccc(=O)[nH]c1=O.COP(=O)(CP(=O)(OC)OC)OC.F.N. The zero-order valence-electron chi connectivity index (χ0n) is 85.6. The van der Waals surface area contributed by atoms with E-state index in [9.17, 15) is 71.1 Å². The number of aromatic nitrogens is 2. The predicted octanol–water partition coefficient (Wildman–Crippen LogP) is 13.7. The fourth-order valence-corrected chi connectivity index (χ4v) is 24.4. The van der Waals surface area contributed by atoms with Gasteiger partial charge in [0.15, 0.2) is 48.2 Å². The molecule has 8 rings (SSSR count). The molecule has 138 heavy (non-hydrogen) atoms. The summed E-state index contributed by atoms with van der Waals surface area (Å²) < 4.78 is 165. The third kappa shape index (κ3) is 44.3. The highest BCUT2D eigenvalue weighted by Gasteiger charge is 2.52. The van der Waals surface area contributed by atoms with E-state index in [1.54, 1.807) is 47.7 Å². The van der Waals surface area contributed by atoms with Gasteiger partial charge in [-0.1, -0.05) is 34.6 Å². The lowest BCUT2D eigenvalue weighted by Gasteiger charge is -2.45. The number of aldehydes is 1. The van der Waals surface area contributed by atoms with E-state index in [0.29, 0.717) is 50.6 Å². The lowest BCUT2D eigenvalue weighted by Crippen LogP contribution is -2.47. The van der Waals surface area contributed by atoms with Crippen molar-refractivity contribution in [3.05, 3.63) is 106 Å². The lowest BCUT2D eigenvalue weighted by atomic mass is 9.99. The van der Waals surface area contributed by atoms with Crippen LogP contribution in [0, 0.1) is 11.8 Å². The van der Waals surface area contributed by atoms with Gasteiger partial charge in [0.25, 0.3) is 5.56 Å². The van der Waals surface area contributed by atoms with Crippen molar-refractivity contribution < 1.29 is 154 Å². The smallest absolute Gasteiger partial charge is 0.395 e. The van der Waals surface area contributed by atoms with Crippen molar-refractivity contribution in [1.82, 2.24) is 44.4 Å². The largest absolute Gasteiger partial charge is 0.416 e. The van der Waals surface area contributed by atoms with Crippen LogP contribution in [-0.2, 0) is 145 Å². The molecule has 8 heterocycles. The highest BCUT2D eigenvalue weighted by atomic mass is 31.2. The minimum absolute atomic E-state index is 0. The fraction of sp³-hybridized carbons (Fsp3) is 0.736. The van der Waals surface area contributed by atoms with Gasteiger partial charge >= 0.3 is 38.3 Å². The van der Waals surface area contributed by atoms with Crippen LogP contribution in [0.25, 0.3) is 0 Å². The number of methoxy groups -OCH3 is 3. The van der Waals surface area contributed by atoms with Gasteiger partial charge < -0.3 is 104 Å². The Morgan fingerprint density at radius 3 is 1.20 bits per heavy atom. The molecule has 43 nitrogen and oxygen atoms in total. The summed E-state index contributed by atoms with van der Waals surface area (Å²) in [7, 11) is 2.34. The summed E-state index contributed by atoms with van der Waals surface area (Å²) in [5.41, 5.74) is -1.15. The maximum absolute atomic E-state index is 12.6. The number of aromatic amines is 1. The number of nitrogens with one attached hydrogen (secondary N) is 1. The fourth-order valence-electron chi connectivity index (χ4n) is 14.8. The summed E-state index contributed by atoms with van der Waals surface area (Å²) in [4.78, 5) is 111. The molecule has 1 aromatic rings. The van der Waals surface area contributed by atoms with Crippen molar-refractivity contribution in [3.8, 4) is 0 Å². The number of H-pyrrole nitrogens is 1. The second-order valence-corrected chi connectivity index (χ2v) is 44.8. The van der Waals surface area contributed by atoms with E-state index in [1.165, 1.54) is 129 Å². The monoisotopic (exact) mass is 2110 g/mol. The summed E-state index contributed by atoms with van der Waals surface area (Å²) in [6.07, 6.45) is 9.98. The minimum atomic E-state index is -3.35. The minimum Gasteiger partial charge on any atom is -0.416 e. The van der Waals surface area contributed by atoms with Crippen molar-refractivity contribution in [2.45, 2.75) is 278 Å². The van der Waals surface area contributed by atoms with E-state index in [2.05, 4.69) is 145 Å². The molecule has 18 atom stereocenters. The van der Waals surface area contributed by atoms with Gasteiger partial charge in [-0.05, 0) is 158 Å². The Morgan fingerprint density at radius 2 is 0.855 bits per heavy atom. The zero-order chi connectivity index (χ0) is 104. The first kappa shape index (κ1) is 135. The lowest BCUT2D eigenvalue weighted by molar-refractivity contribution is -0.152. The molecule has 0 bridgehead atoms. The average Bonchev–Trinajstić information content (AvgIpc) is 1.65. The number of carbonyl (C=O) groups excluding carboxylic acids is 7. The van der Waals surface area contributed by atoms with Crippen LogP contribution in [0.5, 0.6) is 0 Å². The van der Waals surface area contributed by atoms with Gasteiger partial charge in [-0.2, -0.15) is 0 Å². The summed E-state index contributed by atoms with van der Waals surface area (Å²) in [6, 6.07) is 4.20. The second-order valence-electron chi connectivity index (χ2n) is 33.0. The molecular formula is C87H157FN9O34P7. The number of nitrogens with zero attached hydrogens (tertiary/aromatic N) is 7. The number of aliphatic hydroxyl groups excluding tert-OH is 1. The number of hydrogen-bond acceptors (Lipinski definition) is 38. The summed E-state index contributed by atoms with van der Waals surface area (Å²) in [5, 5.41) is 10.3. The van der Waals surface area contributed by atoms with Crippen molar-refractivity contribution in [2.24, 2.45) is 11.8 Å². The quantitative estimate of drug-likeness (QED) is 0.0180. The van der Waals surface area contributed by atoms with Crippen LogP contribution < -0.4 is 17.4 Å². The van der Waals surface area contributed by atoms with Crippen molar-refractivity contribution in [2.75, 3.05) is 130 Å². The molecule has 4 saturated heterocycles. The Balaban J connectivity index is 0. The summed E-state index contributed by atoms with van der Waals surface area (Å²) in [6.45, 7) is 44.5. The van der Waals surface area contributed by atoms with Gasteiger partial charge in [-0.15, -0.1) is 0 Å². The maximum Gasteiger partial charge on any atom is 0.395 e. The molecule has 7 aliphatic rings. The Labute approximate surface area is 819 Å². The number of carbonyl (C=O) groups is 7. The highest BCUT2D eigenvalue weighted by molar-refractivity contribution is 7.71. The molecule has 5 N–H and O–H groups in total. The zero-order valence-corrected chi connectivity index (χ0v) is 91.9. The van der Waals surface area contributed by atoms with Crippen LogP contribution in [-0.4, -0.2) is 331 Å². The average molecular weight is 2110 g/mol. The first-order chi connectivity index (χ1) is 64.1. The molecule has 0 radical (unpaired) electrons. The van der Waals surface area contributed by atoms with Crippen molar-refractivity contribution in [3.63, 3.8) is 0 Å². The molecule has 0 aromatic carbocycles. The number of rotatable bonds is 44. The molecule has 0 aliphatic carbocycles. The normalized spacial score (nSPS) is 25.0.